The second-order valence-corrected chi connectivity index (χ2v) is 6.22. The number of aromatic carboxylic acids is 1. The van der Waals surface area contributed by atoms with Gasteiger partial charge in [-0.1, -0.05) is 0 Å². The van der Waals surface area contributed by atoms with Gasteiger partial charge in [0.05, 0.1) is 11.9 Å². The van der Waals surface area contributed by atoms with Crippen LogP contribution in [0, 0.1) is 0 Å². The largest absolute Gasteiger partial charge is 0.504 e. The first kappa shape index (κ1) is 11.9. The van der Waals surface area contributed by atoms with E-state index in [0.29, 0.717) is 19.3 Å². The van der Waals surface area contributed by atoms with E-state index in [-0.39, 0.29) is 5.75 Å². The van der Waals surface area contributed by atoms with Gasteiger partial charge in [-0.2, -0.15) is 5.10 Å². The Hall–Kier alpha value is -1.57. The van der Waals surface area contributed by atoms with Crippen molar-refractivity contribution in [2.75, 3.05) is 5.75 Å². The van der Waals surface area contributed by atoms with Crippen LogP contribution in [0.3, 0.4) is 0 Å². The van der Waals surface area contributed by atoms with Crippen molar-refractivity contribution in [3.8, 4) is 5.75 Å². The number of carboxylic acids is 1. The highest BCUT2D eigenvalue weighted by atomic mass is 32.2. The molecule has 0 radical (unpaired) electrons. The van der Waals surface area contributed by atoms with Crippen molar-refractivity contribution in [3.05, 3.63) is 11.9 Å². The van der Waals surface area contributed by atoms with Gasteiger partial charge in [-0.3, -0.25) is 0 Å². The molecule has 1 aliphatic heterocycles. The van der Waals surface area contributed by atoms with Crippen molar-refractivity contribution >= 4 is 15.8 Å². The van der Waals surface area contributed by atoms with Gasteiger partial charge in [0.2, 0.25) is 0 Å². The lowest BCUT2D eigenvalue weighted by atomic mass is 10.2. The Bertz CT molecular complexity index is 548. The Morgan fingerprint density at radius 2 is 2.18 bits per heavy atom. The van der Waals surface area contributed by atoms with E-state index < -0.39 is 32.6 Å². The van der Waals surface area contributed by atoms with Gasteiger partial charge < -0.3 is 10.2 Å². The smallest absolute Gasteiger partial charge is 0.358 e. The standard InChI is InChI=1S/C9H12N2O5S/c12-6-5-10-11(8(6)9(13)14)7-3-1-2-4-17(7,15)16/h5,7,12H,1-4H2,(H,13,14). The van der Waals surface area contributed by atoms with E-state index in [1.54, 1.807) is 0 Å². The number of aromatic nitrogens is 2. The number of carboxylic acid groups (broad SMARTS) is 1. The molecule has 2 N–H and O–H groups in total. The molecular formula is C9H12N2O5S. The predicted molar refractivity (Wildman–Crippen MR) is 57.5 cm³/mol. The second-order valence-electron chi connectivity index (χ2n) is 3.95. The maximum Gasteiger partial charge on any atom is 0.358 e. The molecule has 1 saturated heterocycles. The van der Waals surface area contributed by atoms with Crippen LogP contribution in [0.15, 0.2) is 6.20 Å². The third-order valence-corrected chi connectivity index (χ3v) is 4.92. The molecule has 2 rings (SSSR count). The molecule has 0 amide bonds. The van der Waals surface area contributed by atoms with Crippen molar-refractivity contribution in [2.45, 2.75) is 24.6 Å². The Morgan fingerprint density at radius 1 is 1.47 bits per heavy atom. The average Bonchev–Trinajstić information content (AvgIpc) is 2.59. The van der Waals surface area contributed by atoms with Crippen LogP contribution in [0.2, 0.25) is 0 Å². The molecule has 0 spiro atoms. The molecule has 2 heterocycles. The van der Waals surface area contributed by atoms with Gasteiger partial charge >= 0.3 is 5.97 Å². The number of nitrogens with zero attached hydrogens (tertiary/aromatic N) is 2. The quantitative estimate of drug-likeness (QED) is 0.795. The Labute approximate surface area is 97.6 Å². The van der Waals surface area contributed by atoms with Crippen LogP contribution in [0.1, 0.15) is 35.1 Å². The van der Waals surface area contributed by atoms with Crippen LogP contribution in [0.25, 0.3) is 0 Å². The second kappa shape index (κ2) is 4.02. The lowest BCUT2D eigenvalue weighted by molar-refractivity contribution is 0.0679. The molecule has 1 aromatic rings. The van der Waals surface area contributed by atoms with E-state index in [1.165, 1.54) is 0 Å². The van der Waals surface area contributed by atoms with Gasteiger partial charge in [0, 0.05) is 0 Å². The fraction of sp³-hybridized carbons (Fsp3) is 0.556. The van der Waals surface area contributed by atoms with E-state index in [4.69, 9.17) is 5.11 Å². The minimum absolute atomic E-state index is 0.0251. The molecule has 8 heteroatoms. The summed E-state index contributed by atoms with van der Waals surface area (Å²) in [5.74, 6) is -1.88. The molecule has 1 aromatic heterocycles. The summed E-state index contributed by atoms with van der Waals surface area (Å²) in [5, 5.41) is 20.9. The van der Waals surface area contributed by atoms with Gasteiger partial charge in [-0.25, -0.2) is 17.9 Å². The van der Waals surface area contributed by atoms with E-state index in [2.05, 4.69) is 5.10 Å². The predicted octanol–water partition coefficient (Wildman–Crippen LogP) is 0.384. The summed E-state index contributed by atoms with van der Waals surface area (Å²) in [7, 11) is -3.39. The molecule has 0 aromatic carbocycles. The SMILES string of the molecule is O=C(O)c1c(O)cnn1C1CCCCS1(=O)=O. The number of rotatable bonds is 2. The molecule has 0 bridgehead atoms. The molecule has 0 saturated carbocycles. The summed E-state index contributed by atoms with van der Waals surface area (Å²) >= 11 is 0. The number of carbonyl (C=O) groups is 1. The Balaban J connectivity index is 2.50. The monoisotopic (exact) mass is 260 g/mol. The molecule has 17 heavy (non-hydrogen) atoms. The zero-order valence-corrected chi connectivity index (χ0v) is 9.72. The number of aromatic hydroxyl groups is 1. The summed E-state index contributed by atoms with van der Waals surface area (Å²) in [6.45, 7) is 0. The summed E-state index contributed by atoms with van der Waals surface area (Å²) in [5.41, 5.74) is -0.472. The van der Waals surface area contributed by atoms with Crippen LogP contribution in [0.5, 0.6) is 5.75 Å². The molecule has 7 nitrogen and oxygen atoms in total. The fourth-order valence-corrected chi connectivity index (χ4v) is 3.86. The topological polar surface area (TPSA) is 109 Å². The van der Waals surface area contributed by atoms with Crippen molar-refractivity contribution in [2.24, 2.45) is 0 Å². The van der Waals surface area contributed by atoms with Gasteiger partial charge in [0.15, 0.2) is 26.7 Å². The third-order valence-electron chi connectivity index (χ3n) is 2.80. The van der Waals surface area contributed by atoms with Crippen molar-refractivity contribution in [3.63, 3.8) is 0 Å². The Kier molecular flexibility index (Phi) is 2.82. The fourth-order valence-electron chi connectivity index (χ4n) is 1.99. The van der Waals surface area contributed by atoms with Gasteiger partial charge in [-0.05, 0) is 19.3 Å². The van der Waals surface area contributed by atoms with Crippen molar-refractivity contribution < 1.29 is 23.4 Å². The van der Waals surface area contributed by atoms with E-state index in [9.17, 15) is 18.3 Å². The van der Waals surface area contributed by atoms with Crippen LogP contribution in [-0.4, -0.2) is 40.1 Å². The zero-order valence-electron chi connectivity index (χ0n) is 8.90. The maximum atomic E-state index is 11.8. The molecule has 1 aliphatic rings. The molecule has 1 atom stereocenters. The van der Waals surface area contributed by atoms with E-state index >= 15 is 0 Å². The number of hydrogen-bond acceptors (Lipinski definition) is 5. The highest BCUT2D eigenvalue weighted by molar-refractivity contribution is 7.91. The maximum absolute atomic E-state index is 11.8. The van der Waals surface area contributed by atoms with Crippen LogP contribution < -0.4 is 0 Å². The van der Waals surface area contributed by atoms with Crippen LogP contribution in [0.4, 0.5) is 0 Å². The van der Waals surface area contributed by atoms with Gasteiger partial charge in [0.25, 0.3) is 0 Å². The van der Waals surface area contributed by atoms with Crippen LogP contribution in [-0.2, 0) is 9.84 Å². The minimum Gasteiger partial charge on any atom is -0.504 e. The summed E-state index contributed by atoms with van der Waals surface area (Å²) in [4.78, 5) is 10.9. The van der Waals surface area contributed by atoms with Gasteiger partial charge in [-0.15, -0.1) is 0 Å². The van der Waals surface area contributed by atoms with Gasteiger partial charge in [0.1, 0.15) is 0 Å². The molecule has 1 fully saturated rings. The highest BCUT2D eigenvalue weighted by Gasteiger charge is 2.34. The number of sulfone groups is 1. The van der Waals surface area contributed by atoms with Crippen molar-refractivity contribution in [1.29, 1.82) is 0 Å². The lowest BCUT2D eigenvalue weighted by Crippen LogP contribution is -2.29. The number of hydrogen-bond donors (Lipinski definition) is 2. The normalized spacial score (nSPS) is 23.4. The van der Waals surface area contributed by atoms with Crippen molar-refractivity contribution in [1.82, 2.24) is 9.78 Å². The van der Waals surface area contributed by atoms with E-state index in [0.717, 1.165) is 10.9 Å². The molecule has 1 unspecified atom stereocenters. The Morgan fingerprint density at radius 3 is 2.76 bits per heavy atom. The summed E-state index contributed by atoms with van der Waals surface area (Å²) in [6.07, 6.45) is 2.55. The summed E-state index contributed by atoms with van der Waals surface area (Å²) < 4.78 is 24.6. The molecule has 0 aliphatic carbocycles. The van der Waals surface area contributed by atoms with E-state index in [1.807, 2.05) is 0 Å². The van der Waals surface area contributed by atoms with Crippen LogP contribution >= 0.6 is 0 Å². The first-order chi connectivity index (χ1) is 7.93. The molecule has 94 valence electrons. The zero-order chi connectivity index (χ0) is 12.6. The third kappa shape index (κ3) is 1.99. The lowest BCUT2D eigenvalue weighted by Gasteiger charge is -2.23. The molecular weight excluding hydrogens is 248 g/mol. The average molecular weight is 260 g/mol. The first-order valence-corrected chi connectivity index (χ1v) is 6.86. The first-order valence-electron chi connectivity index (χ1n) is 5.15. The summed E-state index contributed by atoms with van der Waals surface area (Å²) in [6, 6.07) is 0. The minimum atomic E-state index is -3.39. The highest BCUT2D eigenvalue weighted by Crippen LogP contribution is 2.31.